The molecule has 3 aromatic rings. The van der Waals surface area contributed by atoms with Crippen molar-refractivity contribution in [3.8, 4) is 11.1 Å². The number of urea groups is 1. The molecule has 2 aliphatic carbocycles. The van der Waals surface area contributed by atoms with Gasteiger partial charge in [-0.2, -0.15) is 5.10 Å². The highest BCUT2D eigenvalue weighted by Gasteiger charge is 2.39. The van der Waals surface area contributed by atoms with Gasteiger partial charge in [0.15, 0.2) is 0 Å². The monoisotopic (exact) mass is 474 g/mol. The Balaban J connectivity index is 1.08. The second kappa shape index (κ2) is 9.91. The topological polar surface area (TPSA) is 100 Å². The van der Waals surface area contributed by atoms with Crippen LogP contribution in [-0.2, 0) is 6.54 Å². The number of hydrogen-bond donors (Lipinski definition) is 3. The summed E-state index contributed by atoms with van der Waals surface area (Å²) in [7, 11) is 0. The molecule has 3 aliphatic rings. The average molecular weight is 475 g/mol. The van der Waals surface area contributed by atoms with Crippen LogP contribution in [0.3, 0.4) is 0 Å². The highest BCUT2D eigenvalue weighted by Crippen LogP contribution is 2.47. The molecule has 9 heteroatoms. The molecule has 9 nitrogen and oxygen atoms in total. The van der Waals surface area contributed by atoms with Gasteiger partial charge in [0.25, 0.3) is 0 Å². The van der Waals surface area contributed by atoms with Crippen molar-refractivity contribution in [2.45, 2.75) is 32.2 Å². The van der Waals surface area contributed by atoms with Crippen molar-refractivity contribution in [3.05, 3.63) is 36.8 Å². The molecule has 1 saturated heterocycles. The molecule has 0 spiro atoms. The number of anilines is 1. The summed E-state index contributed by atoms with van der Waals surface area (Å²) in [5, 5.41) is 13.9. The maximum absolute atomic E-state index is 12.5. The molecule has 1 unspecified atom stereocenters. The zero-order valence-electron chi connectivity index (χ0n) is 20.1. The minimum Gasteiger partial charge on any atom is -0.338 e. The van der Waals surface area contributed by atoms with Gasteiger partial charge in [0.05, 0.1) is 23.8 Å². The highest BCUT2D eigenvalue weighted by atomic mass is 16.2. The molecule has 184 valence electrons. The lowest BCUT2D eigenvalue weighted by Gasteiger charge is -2.26. The van der Waals surface area contributed by atoms with Crippen LogP contribution in [-0.4, -0.2) is 69.9 Å². The van der Waals surface area contributed by atoms with E-state index in [2.05, 4.69) is 42.1 Å². The van der Waals surface area contributed by atoms with Crippen LogP contribution in [0.5, 0.6) is 0 Å². The van der Waals surface area contributed by atoms with E-state index in [0.717, 1.165) is 79.8 Å². The van der Waals surface area contributed by atoms with E-state index >= 15 is 0 Å². The molecule has 2 bridgehead atoms. The molecule has 6 rings (SSSR count). The standard InChI is InChI=1S/C26H34N8O/c35-26(29-15-20-12-18-1-2-19(20)11-18)32-25-4-3-23-24(31-25)13-21(14-28-23)22-16-30-34(17-22)10-9-33-7-5-27-6-8-33/h3-4,13-14,16-20,27H,1-2,5-12,15H2,(H2,29,31,32,35)/t18-,19+,20?/m1/s1. The van der Waals surface area contributed by atoms with Crippen molar-refractivity contribution in [2.24, 2.45) is 17.8 Å². The normalized spacial score (nSPS) is 24.2. The van der Waals surface area contributed by atoms with Gasteiger partial charge in [0, 0.05) is 62.8 Å². The van der Waals surface area contributed by atoms with Gasteiger partial charge >= 0.3 is 6.03 Å². The molecule has 2 amide bonds. The molecule has 0 aromatic carbocycles. The highest BCUT2D eigenvalue weighted by molar-refractivity contribution is 5.90. The smallest absolute Gasteiger partial charge is 0.320 e. The zero-order chi connectivity index (χ0) is 23.6. The van der Waals surface area contributed by atoms with Gasteiger partial charge in [-0.25, -0.2) is 9.78 Å². The minimum absolute atomic E-state index is 0.186. The number of fused-ring (bicyclic) bond motifs is 3. The number of carbonyl (C=O) groups is 1. The van der Waals surface area contributed by atoms with Gasteiger partial charge in [-0.1, -0.05) is 6.42 Å². The molecule has 1 aliphatic heterocycles. The van der Waals surface area contributed by atoms with E-state index in [-0.39, 0.29) is 6.03 Å². The molecule has 4 heterocycles. The Hall–Kier alpha value is -3.04. The van der Waals surface area contributed by atoms with Crippen molar-refractivity contribution in [1.82, 2.24) is 35.3 Å². The number of amides is 2. The molecule has 35 heavy (non-hydrogen) atoms. The molecule has 0 radical (unpaired) electrons. The summed E-state index contributed by atoms with van der Waals surface area (Å²) in [5.41, 5.74) is 3.54. The lowest BCUT2D eigenvalue weighted by molar-refractivity contribution is 0.229. The van der Waals surface area contributed by atoms with Crippen LogP contribution in [0.1, 0.15) is 25.7 Å². The molecular weight excluding hydrogens is 440 g/mol. The lowest BCUT2D eigenvalue weighted by Crippen LogP contribution is -2.44. The van der Waals surface area contributed by atoms with Gasteiger partial charge in [-0.3, -0.25) is 19.9 Å². The van der Waals surface area contributed by atoms with Crippen LogP contribution in [0.4, 0.5) is 10.6 Å². The van der Waals surface area contributed by atoms with Gasteiger partial charge in [0.1, 0.15) is 5.82 Å². The third-order valence-electron chi connectivity index (χ3n) is 8.01. The Bertz CT molecular complexity index is 1190. The summed E-state index contributed by atoms with van der Waals surface area (Å²) >= 11 is 0. The van der Waals surface area contributed by atoms with Gasteiger partial charge in [0.2, 0.25) is 0 Å². The Morgan fingerprint density at radius 2 is 1.97 bits per heavy atom. The molecule has 3 N–H and O–H groups in total. The van der Waals surface area contributed by atoms with Crippen LogP contribution in [0, 0.1) is 17.8 Å². The number of rotatable bonds is 7. The molecule has 3 aromatic heterocycles. The van der Waals surface area contributed by atoms with Crippen molar-refractivity contribution in [1.29, 1.82) is 0 Å². The fourth-order valence-electron chi connectivity index (χ4n) is 6.06. The number of aromatic nitrogens is 4. The average Bonchev–Trinajstić information content (AvgIpc) is 3.64. The van der Waals surface area contributed by atoms with E-state index in [1.54, 1.807) is 6.07 Å². The quantitative estimate of drug-likeness (QED) is 0.487. The first-order valence-electron chi connectivity index (χ1n) is 13.0. The Morgan fingerprint density at radius 1 is 1.06 bits per heavy atom. The Labute approximate surface area is 205 Å². The number of carbonyl (C=O) groups excluding carboxylic acids is 1. The molecule has 3 fully saturated rings. The number of hydrogen-bond acceptors (Lipinski definition) is 6. The number of pyridine rings is 2. The summed E-state index contributed by atoms with van der Waals surface area (Å²) < 4.78 is 1.99. The lowest BCUT2D eigenvalue weighted by atomic mass is 9.89. The van der Waals surface area contributed by atoms with Crippen molar-refractivity contribution in [2.75, 3.05) is 44.6 Å². The first-order valence-corrected chi connectivity index (χ1v) is 13.0. The summed E-state index contributed by atoms with van der Waals surface area (Å²) in [6, 6.07) is 5.53. The summed E-state index contributed by atoms with van der Waals surface area (Å²) in [4.78, 5) is 24.2. The maximum Gasteiger partial charge on any atom is 0.320 e. The molecule has 2 saturated carbocycles. The van der Waals surface area contributed by atoms with E-state index in [1.807, 2.05) is 29.2 Å². The second-order valence-corrected chi connectivity index (χ2v) is 10.3. The fourth-order valence-corrected chi connectivity index (χ4v) is 6.06. The number of nitrogens with zero attached hydrogens (tertiary/aromatic N) is 5. The first-order chi connectivity index (χ1) is 17.2. The first kappa shape index (κ1) is 22.4. The molecule has 3 atom stereocenters. The SMILES string of the molecule is O=C(NCC1C[C@@H]2CC[C@H]1C2)Nc1ccc2ncc(-c3cnn(CCN4CCNCC4)c3)cc2n1. The summed E-state index contributed by atoms with van der Waals surface area (Å²) in [5.74, 6) is 2.86. The molecular formula is C26H34N8O. The van der Waals surface area contributed by atoms with E-state index in [4.69, 9.17) is 0 Å². The van der Waals surface area contributed by atoms with Crippen LogP contribution in [0.2, 0.25) is 0 Å². The predicted octanol–water partition coefficient (Wildman–Crippen LogP) is 2.96. The minimum atomic E-state index is -0.186. The van der Waals surface area contributed by atoms with Crippen molar-refractivity contribution < 1.29 is 4.79 Å². The zero-order valence-corrected chi connectivity index (χ0v) is 20.1. The predicted molar refractivity (Wildman–Crippen MR) is 136 cm³/mol. The third kappa shape index (κ3) is 5.16. The largest absolute Gasteiger partial charge is 0.338 e. The number of piperazine rings is 1. The summed E-state index contributed by atoms with van der Waals surface area (Å²) in [6.45, 7) is 6.91. The summed E-state index contributed by atoms with van der Waals surface area (Å²) in [6.07, 6.45) is 11.1. The third-order valence-corrected chi connectivity index (χ3v) is 8.01. The van der Waals surface area contributed by atoms with E-state index in [9.17, 15) is 4.79 Å². The Morgan fingerprint density at radius 3 is 2.80 bits per heavy atom. The fraction of sp³-hybridized carbons (Fsp3) is 0.538. The van der Waals surface area contributed by atoms with Gasteiger partial charge in [-0.05, 0) is 55.2 Å². The van der Waals surface area contributed by atoms with Crippen molar-refractivity contribution >= 4 is 22.9 Å². The van der Waals surface area contributed by atoms with Crippen LogP contribution >= 0.6 is 0 Å². The maximum atomic E-state index is 12.5. The second-order valence-electron chi connectivity index (χ2n) is 10.3. The van der Waals surface area contributed by atoms with Crippen molar-refractivity contribution in [3.63, 3.8) is 0 Å². The number of nitrogens with one attached hydrogen (secondary N) is 3. The van der Waals surface area contributed by atoms with Crippen LogP contribution in [0.15, 0.2) is 36.8 Å². The van der Waals surface area contributed by atoms with E-state index < -0.39 is 0 Å². The van der Waals surface area contributed by atoms with Crippen LogP contribution < -0.4 is 16.0 Å². The van der Waals surface area contributed by atoms with Gasteiger partial charge < -0.3 is 10.6 Å². The Kier molecular flexibility index (Phi) is 6.35. The van der Waals surface area contributed by atoms with E-state index in [1.165, 1.54) is 25.7 Å². The van der Waals surface area contributed by atoms with E-state index in [0.29, 0.717) is 11.7 Å². The van der Waals surface area contributed by atoms with Crippen LogP contribution in [0.25, 0.3) is 22.2 Å². The van der Waals surface area contributed by atoms with Gasteiger partial charge in [-0.15, -0.1) is 0 Å².